The molecule has 0 saturated carbocycles. The largest absolute Gasteiger partial charge is 0.354 e. The quantitative estimate of drug-likeness (QED) is 0.853. The van der Waals surface area contributed by atoms with Crippen LogP contribution < -0.4 is 10.2 Å². The summed E-state index contributed by atoms with van der Waals surface area (Å²) in [6, 6.07) is 5.50. The lowest BCUT2D eigenvalue weighted by Gasteiger charge is -2.37. The van der Waals surface area contributed by atoms with Gasteiger partial charge in [-0.05, 0) is 56.8 Å². The molecule has 2 unspecified atom stereocenters. The molecule has 1 fully saturated rings. The van der Waals surface area contributed by atoms with Crippen LogP contribution in [0, 0.1) is 0 Å². The lowest BCUT2D eigenvalue weighted by molar-refractivity contribution is 0.431. The molecule has 2 heterocycles. The van der Waals surface area contributed by atoms with Gasteiger partial charge in [-0.15, -0.1) is 0 Å². The highest BCUT2D eigenvalue weighted by Crippen LogP contribution is 2.27. The highest BCUT2D eigenvalue weighted by atomic mass is 15.2. The van der Waals surface area contributed by atoms with Crippen LogP contribution in [0.2, 0.25) is 0 Å². The fourth-order valence-electron chi connectivity index (χ4n) is 3.22. The molecule has 0 radical (unpaired) electrons. The van der Waals surface area contributed by atoms with Crippen LogP contribution in [-0.2, 0) is 0 Å². The average Bonchev–Trinajstić information content (AvgIpc) is 2.48. The van der Waals surface area contributed by atoms with Gasteiger partial charge in [0.15, 0.2) is 0 Å². The minimum Gasteiger partial charge on any atom is -0.354 e. The van der Waals surface area contributed by atoms with Crippen molar-refractivity contribution < 1.29 is 0 Å². The summed E-state index contributed by atoms with van der Waals surface area (Å²) in [6.45, 7) is 8.82. The average molecular weight is 275 g/mol. The minimum absolute atomic E-state index is 0.399. The van der Waals surface area contributed by atoms with Gasteiger partial charge in [-0.25, -0.2) is 4.98 Å². The fourth-order valence-corrected chi connectivity index (χ4v) is 3.22. The molecule has 1 saturated heterocycles. The van der Waals surface area contributed by atoms with Crippen molar-refractivity contribution >= 4 is 5.82 Å². The van der Waals surface area contributed by atoms with Crippen LogP contribution in [0.25, 0.3) is 0 Å². The number of aromatic nitrogens is 1. The first-order chi connectivity index (χ1) is 9.76. The van der Waals surface area contributed by atoms with Gasteiger partial charge in [0.1, 0.15) is 5.82 Å². The monoisotopic (exact) mass is 275 g/mol. The predicted octanol–water partition coefficient (Wildman–Crippen LogP) is 3.91. The zero-order valence-corrected chi connectivity index (χ0v) is 13.2. The maximum absolute atomic E-state index is 4.64. The van der Waals surface area contributed by atoms with Crippen LogP contribution in [0.15, 0.2) is 18.3 Å². The molecule has 3 heteroatoms. The fraction of sp³-hybridized carbons (Fsp3) is 0.706. The summed E-state index contributed by atoms with van der Waals surface area (Å²) >= 11 is 0. The van der Waals surface area contributed by atoms with Crippen molar-refractivity contribution in [1.82, 2.24) is 10.3 Å². The van der Waals surface area contributed by atoms with Gasteiger partial charge in [0.25, 0.3) is 0 Å². The van der Waals surface area contributed by atoms with Crippen molar-refractivity contribution in [2.75, 3.05) is 18.0 Å². The number of hydrogen-bond acceptors (Lipinski definition) is 3. The maximum atomic E-state index is 4.64. The van der Waals surface area contributed by atoms with Crippen LogP contribution in [0.5, 0.6) is 0 Å². The van der Waals surface area contributed by atoms with E-state index in [4.69, 9.17) is 0 Å². The maximum Gasteiger partial charge on any atom is 0.129 e. The summed E-state index contributed by atoms with van der Waals surface area (Å²) in [5.41, 5.74) is 1.35. The van der Waals surface area contributed by atoms with Crippen LogP contribution in [-0.4, -0.2) is 24.1 Å². The van der Waals surface area contributed by atoms with E-state index in [-0.39, 0.29) is 0 Å². The van der Waals surface area contributed by atoms with Crippen molar-refractivity contribution in [1.29, 1.82) is 0 Å². The first-order valence-electron chi connectivity index (χ1n) is 8.22. The molecule has 1 aromatic heterocycles. The first-order valence-corrected chi connectivity index (χ1v) is 8.22. The molecular weight excluding hydrogens is 246 g/mol. The van der Waals surface area contributed by atoms with Gasteiger partial charge in [-0.2, -0.15) is 0 Å². The van der Waals surface area contributed by atoms with E-state index in [1.165, 1.54) is 43.5 Å². The number of anilines is 1. The zero-order chi connectivity index (χ0) is 14.4. The third-order valence-electron chi connectivity index (χ3n) is 4.32. The van der Waals surface area contributed by atoms with E-state index in [0.717, 1.165) is 13.1 Å². The lowest BCUT2D eigenvalue weighted by Crippen LogP contribution is -2.40. The molecule has 112 valence electrons. The molecule has 2 rings (SSSR count). The van der Waals surface area contributed by atoms with Crippen molar-refractivity contribution in [3.05, 3.63) is 23.9 Å². The van der Waals surface area contributed by atoms with Gasteiger partial charge in [-0.1, -0.05) is 20.3 Å². The van der Waals surface area contributed by atoms with E-state index in [9.17, 15) is 0 Å². The SMILES string of the molecule is CCCC1CCCCN1c1cc(C(C)NCC)ccn1. The number of nitrogens with zero attached hydrogens (tertiary/aromatic N) is 2. The van der Waals surface area contributed by atoms with E-state index >= 15 is 0 Å². The summed E-state index contributed by atoms with van der Waals surface area (Å²) < 4.78 is 0. The van der Waals surface area contributed by atoms with Crippen LogP contribution >= 0.6 is 0 Å². The second-order valence-corrected chi connectivity index (χ2v) is 5.86. The molecule has 1 aliphatic rings. The Morgan fingerprint density at radius 2 is 2.25 bits per heavy atom. The van der Waals surface area contributed by atoms with Crippen LogP contribution in [0.4, 0.5) is 5.82 Å². The highest BCUT2D eigenvalue weighted by Gasteiger charge is 2.23. The first kappa shape index (κ1) is 15.3. The molecular formula is C17H29N3. The number of piperidine rings is 1. The summed E-state index contributed by atoms with van der Waals surface area (Å²) in [5.74, 6) is 1.17. The van der Waals surface area contributed by atoms with Gasteiger partial charge in [0, 0.05) is 24.8 Å². The number of pyridine rings is 1. The molecule has 0 aliphatic carbocycles. The predicted molar refractivity (Wildman–Crippen MR) is 86.2 cm³/mol. The normalized spacial score (nSPS) is 20.9. The Bertz CT molecular complexity index is 403. The topological polar surface area (TPSA) is 28.2 Å². The Morgan fingerprint density at radius 3 is 3.00 bits per heavy atom. The number of hydrogen-bond donors (Lipinski definition) is 1. The second-order valence-electron chi connectivity index (χ2n) is 5.86. The van der Waals surface area contributed by atoms with Crippen LogP contribution in [0.3, 0.4) is 0 Å². The smallest absolute Gasteiger partial charge is 0.129 e. The second kappa shape index (κ2) is 7.63. The van der Waals surface area contributed by atoms with Crippen molar-refractivity contribution in [2.45, 2.75) is 65.0 Å². The van der Waals surface area contributed by atoms with Crippen LogP contribution in [0.1, 0.15) is 64.5 Å². The van der Waals surface area contributed by atoms with E-state index in [2.05, 4.69) is 48.1 Å². The van der Waals surface area contributed by atoms with Crippen molar-refractivity contribution in [2.24, 2.45) is 0 Å². The van der Waals surface area contributed by atoms with Gasteiger partial charge < -0.3 is 10.2 Å². The number of nitrogens with one attached hydrogen (secondary N) is 1. The molecule has 20 heavy (non-hydrogen) atoms. The molecule has 1 aromatic rings. The Balaban J connectivity index is 2.15. The Hall–Kier alpha value is -1.09. The Kier molecular flexibility index (Phi) is 5.84. The van der Waals surface area contributed by atoms with Gasteiger partial charge in [0.05, 0.1) is 0 Å². The molecule has 1 N–H and O–H groups in total. The Labute approximate surface area is 123 Å². The third-order valence-corrected chi connectivity index (χ3v) is 4.32. The molecule has 1 aliphatic heterocycles. The number of rotatable bonds is 6. The van der Waals surface area contributed by atoms with Crippen molar-refractivity contribution in [3.63, 3.8) is 0 Å². The van der Waals surface area contributed by atoms with E-state index in [1.807, 2.05) is 6.20 Å². The summed E-state index contributed by atoms with van der Waals surface area (Å²) in [4.78, 5) is 7.17. The molecule has 0 aromatic carbocycles. The van der Waals surface area contributed by atoms with E-state index in [0.29, 0.717) is 12.1 Å². The zero-order valence-electron chi connectivity index (χ0n) is 13.2. The highest BCUT2D eigenvalue weighted by molar-refractivity contribution is 5.43. The van der Waals surface area contributed by atoms with E-state index < -0.39 is 0 Å². The summed E-state index contributed by atoms with van der Waals surface area (Å²) in [7, 11) is 0. The van der Waals surface area contributed by atoms with E-state index in [1.54, 1.807) is 0 Å². The summed E-state index contributed by atoms with van der Waals surface area (Å²) in [6.07, 6.45) is 8.51. The Morgan fingerprint density at radius 1 is 1.40 bits per heavy atom. The summed E-state index contributed by atoms with van der Waals surface area (Å²) in [5, 5.41) is 3.48. The van der Waals surface area contributed by atoms with Crippen molar-refractivity contribution in [3.8, 4) is 0 Å². The molecule has 2 atom stereocenters. The van der Waals surface area contributed by atoms with Gasteiger partial charge in [-0.3, -0.25) is 0 Å². The lowest BCUT2D eigenvalue weighted by atomic mass is 9.98. The third kappa shape index (κ3) is 3.72. The van der Waals surface area contributed by atoms with Gasteiger partial charge in [0.2, 0.25) is 0 Å². The molecule has 3 nitrogen and oxygen atoms in total. The molecule has 0 amide bonds. The molecule has 0 bridgehead atoms. The minimum atomic E-state index is 0.399. The standard InChI is InChI=1S/C17H29N3/c1-4-8-16-9-6-7-12-20(16)17-13-15(10-11-19-17)14(3)18-5-2/h10-11,13-14,16,18H,4-9,12H2,1-3H3. The molecule has 0 spiro atoms. The van der Waals surface area contributed by atoms with Gasteiger partial charge >= 0.3 is 0 Å².